The molecule has 8 heteroatoms. The average molecular weight is 539 g/mol. The van der Waals surface area contributed by atoms with Crippen molar-refractivity contribution in [2.45, 2.75) is 88.6 Å². The van der Waals surface area contributed by atoms with Gasteiger partial charge in [-0.15, -0.1) is 23.1 Å². The van der Waals surface area contributed by atoms with Crippen LogP contribution in [0, 0.1) is 0 Å². The van der Waals surface area contributed by atoms with Crippen LogP contribution >= 0.6 is 23.1 Å². The SMILES string of the molecule is C=C(C)C(=O)OC(C)(C)CC(C)Sc1ccc2cc(-c3sc(CCCCC)cc3C(F)(F)F)oc2c1. The number of carbonyl (C=O) groups is 1. The number of thioether (sulfide) groups is 1. The quantitative estimate of drug-likeness (QED) is 0.105. The first-order valence-electron chi connectivity index (χ1n) is 12.1. The van der Waals surface area contributed by atoms with Crippen molar-refractivity contribution in [2.75, 3.05) is 0 Å². The lowest BCUT2D eigenvalue weighted by atomic mass is 10.0. The standard InChI is InChI=1S/C28H33F3O3S2/c1-7-8-9-10-20-14-22(28(29,30)31)25(36-20)24-13-19-11-12-21(15-23(19)33-24)35-18(4)16-27(5,6)34-26(32)17(2)3/h11-15,18H,2,7-10,16H2,1,3-6H3. The van der Waals surface area contributed by atoms with Crippen LogP contribution in [0.25, 0.3) is 21.6 Å². The van der Waals surface area contributed by atoms with Crippen molar-refractivity contribution in [3.8, 4) is 10.6 Å². The molecule has 1 unspecified atom stereocenters. The normalized spacial score (nSPS) is 13.2. The van der Waals surface area contributed by atoms with E-state index in [1.165, 1.54) is 17.4 Å². The summed E-state index contributed by atoms with van der Waals surface area (Å²) in [5, 5.41) is 0.872. The zero-order valence-corrected chi connectivity index (χ0v) is 23.0. The largest absolute Gasteiger partial charge is 0.456 e. The summed E-state index contributed by atoms with van der Waals surface area (Å²) in [4.78, 5) is 13.7. The molecule has 0 aliphatic carbocycles. The van der Waals surface area contributed by atoms with Crippen LogP contribution in [0.1, 0.15) is 70.7 Å². The Morgan fingerprint density at radius 2 is 1.92 bits per heavy atom. The zero-order chi connectivity index (χ0) is 26.7. The second kappa shape index (κ2) is 11.5. The second-order valence-corrected chi connectivity index (χ2v) is 12.4. The number of halogens is 3. The smallest absolute Gasteiger partial charge is 0.417 e. The maximum absolute atomic E-state index is 13.8. The Morgan fingerprint density at radius 1 is 1.19 bits per heavy atom. The fourth-order valence-electron chi connectivity index (χ4n) is 4.05. The molecule has 3 rings (SSSR count). The maximum atomic E-state index is 13.8. The molecule has 2 heterocycles. The molecule has 3 aromatic rings. The van der Waals surface area contributed by atoms with Crippen LogP contribution in [0.4, 0.5) is 13.2 Å². The minimum absolute atomic E-state index is 0.115. The van der Waals surface area contributed by atoms with E-state index in [0.717, 1.165) is 34.4 Å². The van der Waals surface area contributed by atoms with Gasteiger partial charge in [-0.3, -0.25) is 0 Å². The Labute approximate surface area is 219 Å². The number of ether oxygens (including phenoxy) is 1. The zero-order valence-electron chi connectivity index (χ0n) is 21.4. The third-order valence-electron chi connectivity index (χ3n) is 5.66. The van der Waals surface area contributed by atoms with Gasteiger partial charge in [0.15, 0.2) is 0 Å². The number of rotatable bonds is 11. The van der Waals surface area contributed by atoms with Crippen molar-refractivity contribution in [2.24, 2.45) is 0 Å². The first-order chi connectivity index (χ1) is 16.8. The van der Waals surface area contributed by atoms with Gasteiger partial charge in [-0.05, 0) is 70.4 Å². The molecule has 1 atom stereocenters. The molecule has 196 valence electrons. The van der Waals surface area contributed by atoms with Crippen LogP contribution in [0.2, 0.25) is 0 Å². The molecule has 0 fully saturated rings. The highest BCUT2D eigenvalue weighted by Crippen LogP contribution is 2.44. The Hall–Kier alpha value is -2.19. The number of carbonyl (C=O) groups excluding carboxylic acids is 1. The van der Waals surface area contributed by atoms with E-state index in [1.807, 2.05) is 39.0 Å². The van der Waals surface area contributed by atoms with E-state index in [-0.39, 0.29) is 15.9 Å². The van der Waals surface area contributed by atoms with Gasteiger partial charge >= 0.3 is 12.1 Å². The molecule has 2 aromatic heterocycles. The van der Waals surface area contributed by atoms with Crippen molar-refractivity contribution >= 4 is 40.0 Å². The summed E-state index contributed by atoms with van der Waals surface area (Å²) in [6.45, 7) is 13.1. The van der Waals surface area contributed by atoms with Gasteiger partial charge in [0.05, 0.1) is 10.4 Å². The fraction of sp³-hybridized carbons (Fsp3) is 0.464. The fourth-order valence-corrected chi connectivity index (χ4v) is 6.49. The van der Waals surface area contributed by atoms with Gasteiger partial charge in [-0.2, -0.15) is 13.2 Å². The second-order valence-electron chi connectivity index (χ2n) is 9.78. The van der Waals surface area contributed by atoms with Gasteiger partial charge in [0.1, 0.15) is 16.9 Å². The predicted molar refractivity (Wildman–Crippen MR) is 143 cm³/mol. The highest BCUT2D eigenvalue weighted by molar-refractivity contribution is 8.00. The molecule has 0 amide bonds. The van der Waals surface area contributed by atoms with Crippen molar-refractivity contribution in [1.82, 2.24) is 0 Å². The molecule has 0 aliphatic rings. The first-order valence-corrected chi connectivity index (χ1v) is 13.8. The summed E-state index contributed by atoms with van der Waals surface area (Å²) >= 11 is 2.76. The van der Waals surface area contributed by atoms with Crippen LogP contribution in [0.15, 0.2) is 51.8 Å². The number of hydrogen-bond acceptors (Lipinski definition) is 5. The highest BCUT2D eigenvalue weighted by Gasteiger charge is 2.36. The van der Waals surface area contributed by atoms with E-state index in [1.54, 1.807) is 24.8 Å². The van der Waals surface area contributed by atoms with E-state index >= 15 is 0 Å². The summed E-state index contributed by atoms with van der Waals surface area (Å²) in [6.07, 6.45) is -0.308. The van der Waals surface area contributed by atoms with Crippen molar-refractivity contribution in [3.63, 3.8) is 0 Å². The van der Waals surface area contributed by atoms with Gasteiger partial charge in [-0.1, -0.05) is 33.3 Å². The molecule has 1 aromatic carbocycles. The van der Waals surface area contributed by atoms with Crippen LogP contribution in [0.5, 0.6) is 0 Å². The minimum atomic E-state index is -4.44. The topological polar surface area (TPSA) is 39.4 Å². The molecule has 0 saturated carbocycles. The van der Waals surface area contributed by atoms with E-state index in [9.17, 15) is 18.0 Å². The highest BCUT2D eigenvalue weighted by atomic mass is 32.2. The van der Waals surface area contributed by atoms with Gasteiger partial charge in [-0.25, -0.2) is 4.79 Å². The van der Waals surface area contributed by atoms with E-state index in [4.69, 9.17) is 9.15 Å². The van der Waals surface area contributed by atoms with Crippen LogP contribution in [-0.4, -0.2) is 16.8 Å². The first kappa shape index (κ1) is 28.4. The summed E-state index contributed by atoms with van der Waals surface area (Å²) in [5.41, 5.74) is -0.390. The van der Waals surface area contributed by atoms with Crippen molar-refractivity contribution in [3.05, 3.63) is 52.9 Å². The number of hydrogen-bond donors (Lipinski definition) is 0. The lowest BCUT2D eigenvalue weighted by Crippen LogP contribution is -2.31. The van der Waals surface area contributed by atoms with Gasteiger partial charge in [0.2, 0.25) is 0 Å². The summed E-state index contributed by atoms with van der Waals surface area (Å²) in [7, 11) is 0. The third-order valence-corrected chi connectivity index (χ3v) is 7.97. The Balaban J connectivity index is 1.80. The van der Waals surface area contributed by atoms with Crippen molar-refractivity contribution in [1.29, 1.82) is 0 Å². The Kier molecular flexibility index (Phi) is 9.04. The number of thiophene rings is 1. The molecule has 36 heavy (non-hydrogen) atoms. The molecule has 0 saturated heterocycles. The molecule has 0 N–H and O–H groups in total. The molecule has 0 bridgehead atoms. The number of aryl methyl sites for hydroxylation is 1. The van der Waals surface area contributed by atoms with Gasteiger partial charge < -0.3 is 9.15 Å². The lowest BCUT2D eigenvalue weighted by molar-refractivity contribution is -0.151. The number of esters is 1. The molecular formula is C28H33F3O3S2. The van der Waals surface area contributed by atoms with Crippen LogP contribution in [0.3, 0.4) is 0 Å². The van der Waals surface area contributed by atoms with E-state index in [0.29, 0.717) is 24.0 Å². The Morgan fingerprint density at radius 3 is 2.56 bits per heavy atom. The number of fused-ring (bicyclic) bond motifs is 1. The summed E-state index contributed by atoms with van der Waals surface area (Å²) < 4.78 is 52.8. The molecule has 3 nitrogen and oxygen atoms in total. The lowest BCUT2D eigenvalue weighted by Gasteiger charge is -2.28. The molecule has 0 radical (unpaired) electrons. The van der Waals surface area contributed by atoms with E-state index in [2.05, 4.69) is 13.5 Å². The summed E-state index contributed by atoms with van der Waals surface area (Å²) in [6, 6.07) is 8.62. The van der Waals surface area contributed by atoms with Crippen LogP contribution < -0.4 is 0 Å². The average Bonchev–Trinajstić information content (AvgIpc) is 3.36. The number of unbranched alkanes of at least 4 members (excludes halogenated alkanes) is 2. The predicted octanol–water partition coefficient (Wildman–Crippen LogP) is 9.68. The molecule has 0 spiro atoms. The Bertz CT molecular complexity index is 1220. The molecule has 0 aliphatic heterocycles. The monoisotopic (exact) mass is 538 g/mol. The number of benzene rings is 1. The third kappa shape index (κ3) is 7.42. The maximum Gasteiger partial charge on any atom is 0.417 e. The number of alkyl halides is 3. The summed E-state index contributed by atoms with van der Waals surface area (Å²) in [5.74, 6) is -0.172. The van der Waals surface area contributed by atoms with Crippen LogP contribution in [-0.2, 0) is 22.1 Å². The molecular weight excluding hydrogens is 505 g/mol. The minimum Gasteiger partial charge on any atom is -0.456 e. The van der Waals surface area contributed by atoms with Crippen molar-refractivity contribution < 1.29 is 27.1 Å². The van der Waals surface area contributed by atoms with Gasteiger partial charge in [0, 0.05) is 26.0 Å². The van der Waals surface area contributed by atoms with E-state index < -0.39 is 23.3 Å². The number of furan rings is 1. The van der Waals surface area contributed by atoms with Gasteiger partial charge in [0.25, 0.3) is 0 Å².